The highest BCUT2D eigenvalue weighted by atomic mass is 79.9. The number of unbranched alkanes of at least 4 members (excludes halogenated alkanes) is 10. The van der Waals surface area contributed by atoms with Gasteiger partial charge in [-0.1, -0.05) is 87.1 Å². The maximum Gasteiger partial charge on any atom is 0.319 e. The Labute approximate surface area is 127 Å². The molecule has 0 rings (SSSR count). The lowest BCUT2D eigenvalue weighted by Crippen LogP contribution is -2.14. The quantitative estimate of drug-likeness (QED) is 0.248. The van der Waals surface area contributed by atoms with Gasteiger partial charge in [0.2, 0.25) is 0 Å². The predicted molar refractivity (Wildman–Crippen MR) is 85.8 cm³/mol. The third-order valence-electron chi connectivity index (χ3n) is 3.32. The molecule has 0 saturated heterocycles. The van der Waals surface area contributed by atoms with Crippen LogP contribution in [0.15, 0.2) is 0 Å². The molecule has 3 heteroatoms. The molecule has 0 heterocycles. The molecular formula is C16H31BrO2. The summed E-state index contributed by atoms with van der Waals surface area (Å²) in [5, 5.41) is 0. The van der Waals surface area contributed by atoms with Gasteiger partial charge in [-0.2, -0.15) is 0 Å². The number of alkyl halides is 1. The molecule has 0 radical (unpaired) electrons. The minimum absolute atomic E-state index is 0.146. The van der Waals surface area contributed by atoms with Crippen LogP contribution in [-0.4, -0.2) is 17.4 Å². The lowest BCUT2D eigenvalue weighted by atomic mass is 10.1. The summed E-state index contributed by atoms with van der Waals surface area (Å²) >= 11 is 3.20. The molecule has 0 aliphatic carbocycles. The average molecular weight is 335 g/mol. The summed E-state index contributed by atoms with van der Waals surface area (Å²) < 4.78 is 5.10. The second-order valence-electron chi connectivity index (χ2n) is 5.32. The van der Waals surface area contributed by atoms with E-state index < -0.39 is 0 Å². The number of carbonyl (C=O) groups excluding carboxylic acids is 1. The van der Waals surface area contributed by atoms with Gasteiger partial charge in [-0.25, -0.2) is 0 Å². The number of carbonyl (C=O) groups is 1. The van der Waals surface area contributed by atoms with E-state index in [2.05, 4.69) is 22.9 Å². The Kier molecular flexibility index (Phi) is 14.3. The molecule has 0 aliphatic rings. The first kappa shape index (κ1) is 18.9. The fourth-order valence-electron chi connectivity index (χ4n) is 2.05. The Balaban J connectivity index is 3.05. The van der Waals surface area contributed by atoms with Crippen molar-refractivity contribution in [3.8, 4) is 0 Å². The van der Waals surface area contributed by atoms with Gasteiger partial charge in [-0.3, -0.25) is 4.79 Å². The van der Waals surface area contributed by atoms with E-state index in [0.717, 1.165) is 6.42 Å². The number of rotatable bonds is 13. The first-order valence-electron chi connectivity index (χ1n) is 7.99. The molecular weight excluding hydrogens is 304 g/mol. The molecule has 0 fully saturated rings. The Morgan fingerprint density at radius 1 is 0.895 bits per heavy atom. The number of ether oxygens (including phenoxy) is 1. The van der Waals surface area contributed by atoms with Crippen LogP contribution in [0.25, 0.3) is 0 Å². The van der Waals surface area contributed by atoms with E-state index in [1.165, 1.54) is 64.2 Å². The first-order chi connectivity index (χ1) is 9.18. The van der Waals surface area contributed by atoms with Crippen LogP contribution in [0.2, 0.25) is 0 Å². The lowest BCUT2D eigenvalue weighted by Gasteiger charge is -2.06. The minimum atomic E-state index is -0.180. The second-order valence-corrected chi connectivity index (χ2v) is 6.69. The van der Waals surface area contributed by atoms with E-state index in [-0.39, 0.29) is 10.8 Å². The summed E-state index contributed by atoms with van der Waals surface area (Å²) in [5.74, 6) is -0.146. The molecule has 0 amide bonds. The first-order valence-corrected chi connectivity index (χ1v) is 8.90. The van der Waals surface area contributed by atoms with Crippen LogP contribution in [0, 0.1) is 0 Å². The molecule has 0 aliphatic heterocycles. The van der Waals surface area contributed by atoms with Crippen molar-refractivity contribution in [1.29, 1.82) is 0 Å². The Hall–Kier alpha value is -0.0500. The van der Waals surface area contributed by atoms with Crippen molar-refractivity contribution in [1.82, 2.24) is 0 Å². The Bertz CT molecular complexity index is 205. The smallest absolute Gasteiger partial charge is 0.319 e. The standard InChI is InChI=1S/C16H31BrO2/c1-3-4-5-6-7-8-9-10-11-12-13-14-19-16(18)15(2)17/h15H,3-14H2,1-2H3. The number of hydrogen-bond acceptors (Lipinski definition) is 2. The largest absolute Gasteiger partial charge is 0.465 e. The van der Waals surface area contributed by atoms with Crippen LogP contribution >= 0.6 is 15.9 Å². The summed E-state index contributed by atoms with van der Waals surface area (Å²) in [6.45, 7) is 4.63. The zero-order valence-electron chi connectivity index (χ0n) is 12.8. The fraction of sp³-hybridized carbons (Fsp3) is 0.938. The molecule has 0 N–H and O–H groups in total. The van der Waals surface area contributed by atoms with Crippen molar-refractivity contribution >= 4 is 21.9 Å². The molecule has 0 aromatic carbocycles. The number of esters is 1. The van der Waals surface area contributed by atoms with Crippen molar-refractivity contribution in [2.24, 2.45) is 0 Å². The van der Waals surface area contributed by atoms with E-state index in [1.807, 2.05) is 0 Å². The molecule has 19 heavy (non-hydrogen) atoms. The van der Waals surface area contributed by atoms with Gasteiger partial charge in [-0.15, -0.1) is 0 Å². The maximum absolute atomic E-state index is 11.2. The van der Waals surface area contributed by atoms with Crippen molar-refractivity contribution in [2.75, 3.05) is 6.61 Å². The van der Waals surface area contributed by atoms with Gasteiger partial charge >= 0.3 is 5.97 Å². The summed E-state index contributed by atoms with van der Waals surface area (Å²) in [7, 11) is 0. The number of hydrogen-bond donors (Lipinski definition) is 0. The van der Waals surface area contributed by atoms with Gasteiger partial charge < -0.3 is 4.74 Å². The molecule has 0 saturated carbocycles. The van der Waals surface area contributed by atoms with E-state index >= 15 is 0 Å². The van der Waals surface area contributed by atoms with Gasteiger partial charge in [0, 0.05) is 0 Å². The molecule has 1 atom stereocenters. The van der Waals surface area contributed by atoms with Crippen molar-refractivity contribution in [3.63, 3.8) is 0 Å². The van der Waals surface area contributed by atoms with Crippen molar-refractivity contribution in [2.45, 2.75) is 89.3 Å². The van der Waals surface area contributed by atoms with E-state index in [1.54, 1.807) is 6.92 Å². The van der Waals surface area contributed by atoms with E-state index in [9.17, 15) is 4.79 Å². The summed E-state index contributed by atoms with van der Waals surface area (Å²) in [6.07, 6.45) is 14.5. The topological polar surface area (TPSA) is 26.3 Å². The third-order valence-corrected chi connectivity index (χ3v) is 3.69. The Morgan fingerprint density at radius 2 is 1.32 bits per heavy atom. The van der Waals surface area contributed by atoms with E-state index in [0.29, 0.717) is 6.61 Å². The van der Waals surface area contributed by atoms with Crippen LogP contribution in [0.5, 0.6) is 0 Å². The molecule has 0 aromatic rings. The molecule has 1 unspecified atom stereocenters. The van der Waals surface area contributed by atoms with Crippen LogP contribution in [-0.2, 0) is 9.53 Å². The zero-order chi connectivity index (χ0) is 14.3. The molecule has 0 spiro atoms. The van der Waals surface area contributed by atoms with Crippen LogP contribution in [0.4, 0.5) is 0 Å². The molecule has 0 bridgehead atoms. The SMILES string of the molecule is CCCCCCCCCCCCCOC(=O)C(C)Br. The highest BCUT2D eigenvalue weighted by Gasteiger charge is 2.08. The minimum Gasteiger partial charge on any atom is -0.465 e. The summed E-state index contributed by atoms with van der Waals surface area (Å²) in [6, 6.07) is 0. The van der Waals surface area contributed by atoms with Crippen LogP contribution < -0.4 is 0 Å². The van der Waals surface area contributed by atoms with Gasteiger partial charge in [0.1, 0.15) is 4.83 Å². The summed E-state index contributed by atoms with van der Waals surface area (Å²) in [4.78, 5) is 11.0. The highest BCUT2D eigenvalue weighted by molar-refractivity contribution is 9.10. The molecule has 0 aromatic heterocycles. The van der Waals surface area contributed by atoms with Gasteiger partial charge in [-0.05, 0) is 13.3 Å². The van der Waals surface area contributed by atoms with Crippen LogP contribution in [0.1, 0.15) is 84.5 Å². The molecule has 114 valence electrons. The average Bonchev–Trinajstić information content (AvgIpc) is 2.39. The highest BCUT2D eigenvalue weighted by Crippen LogP contribution is 2.11. The van der Waals surface area contributed by atoms with Crippen LogP contribution in [0.3, 0.4) is 0 Å². The lowest BCUT2D eigenvalue weighted by molar-refractivity contribution is -0.142. The number of halogens is 1. The van der Waals surface area contributed by atoms with Gasteiger partial charge in [0.05, 0.1) is 6.61 Å². The maximum atomic E-state index is 11.2. The monoisotopic (exact) mass is 334 g/mol. The Morgan fingerprint density at radius 3 is 1.74 bits per heavy atom. The van der Waals surface area contributed by atoms with Gasteiger partial charge in [0.15, 0.2) is 0 Å². The molecule has 2 nitrogen and oxygen atoms in total. The summed E-state index contributed by atoms with van der Waals surface area (Å²) in [5.41, 5.74) is 0. The zero-order valence-corrected chi connectivity index (χ0v) is 14.3. The van der Waals surface area contributed by atoms with Gasteiger partial charge in [0.25, 0.3) is 0 Å². The van der Waals surface area contributed by atoms with Crippen molar-refractivity contribution < 1.29 is 9.53 Å². The predicted octanol–water partition coefficient (Wildman–Crippen LogP) is 5.62. The normalized spacial score (nSPS) is 12.4. The second kappa shape index (κ2) is 14.4. The van der Waals surface area contributed by atoms with E-state index in [4.69, 9.17) is 4.74 Å². The van der Waals surface area contributed by atoms with Crippen molar-refractivity contribution in [3.05, 3.63) is 0 Å². The fourth-order valence-corrected chi connectivity index (χ4v) is 2.19. The third kappa shape index (κ3) is 14.2.